The Kier molecular flexibility index (Phi) is 5.56. The summed E-state index contributed by atoms with van der Waals surface area (Å²) in [5.41, 5.74) is 0. The summed E-state index contributed by atoms with van der Waals surface area (Å²) in [5.74, 6) is 0. The third-order valence-electron chi connectivity index (χ3n) is 0.793. The first-order valence-electron chi connectivity index (χ1n) is 2.79. The van der Waals surface area contributed by atoms with Gasteiger partial charge in [-0.05, 0) is 0 Å². The first kappa shape index (κ1) is 10.2. The van der Waals surface area contributed by atoms with Crippen molar-refractivity contribution in [2.24, 2.45) is 7.05 Å². The molecule has 0 aliphatic heterocycles. The zero-order chi connectivity index (χ0) is 8.69. The molecule has 0 aliphatic carbocycles. The maximum atomic E-state index is 9.29. The molecule has 0 amide bonds. The standard InChI is InChI=1S/C4H6N2.CH3O3P/c1-6-3-2-5-4-6;1-4-5(2)3/h2-4H,1H3;1H3/p+1. The second-order valence-corrected chi connectivity index (χ2v) is 2.49. The van der Waals surface area contributed by atoms with Crippen molar-refractivity contribution in [2.45, 2.75) is 0 Å². The van der Waals surface area contributed by atoms with Crippen molar-refractivity contribution < 1.29 is 14.0 Å². The van der Waals surface area contributed by atoms with Crippen LogP contribution >= 0.6 is 8.25 Å². The summed E-state index contributed by atoms with van der Waals surface area (Å²) in [6.45, 7) is 0. The van der Waals surface area contributed by atoms with Gasteiger partial charge in [0.15, 0.2) is 0 Å². The van der Waals surface area contributed by atoms with Crippen LogP contribution in [-0.2, 0) is 16.1 Å². The highest BCUT2D eigenvalue weighted by molar-refractivity contribution is 7.32. The fraction of sp³-hybridized carbons (Fsp3) is 0.400. The molecule has 1 unspecified atom stereocenters. The summed E-state index contributed by atoms with van der Waals surface area (Å²) < 4.78 is 15.0. The predicted octanol–water partition coefficient (Wildman–Crippen LogP) is 0.703. The van der Waals surface area contributed by atoms with Crippen LogP contribution in [0.15, 0.2) is 18.7 Å². The van der Waals surface area contributed by atoms with Crippen molar-refractivity contribution in [3.63, 3.8) is 0 Å². The topological polar surface area (TPSA) is 64.3 Å². The van der Waals surface area contributed by atoms with Crippen molar-refractivity contribution in [1.29, 1.82) is 0 Å². The van der Waals surface area contributed by atoms with Crippen molar-refractivity contribution in [3.05, 3.63) is 18.7 Å². The lowest BCUT2D eigenvalue weighted by Crippen LogP contribution is -1.76. The molecule has 1 heterocycles. The Morgan fingerprint density at radius 2 is 2.27 bits per heavy atom. The van der Waals surface area contributed by atoms with Gasteiger partial charge in [-0.15, -0.1) is 9.42 Å². The second-order valence-electron chi connectivity index (χ2n) is 1.65. The number of hydrogen-bond acceptors (Lipinski definition) is 3. The molecule has 11 heavy (non-hydrogen) atoms. The fourth-order valence-electron chi connectivity index (χ4n) is 0.326. The monoisotopic (exact) mass is 177 g/mol. The summed E-state index contributed by atoms with van der Waals surface area (Å²) >= 11 is 0. The van der Waals surface area contributed by atoms with E-state index in [1.807, 2.05) is 17.8 Å². The number of aromatic nitrogens is 2. The van der Waals surface area contributed by atoms with Gasteiger partial charge in [0.1, 0.15) is 0 Å². The Bertz CT molecular complexity index is 200. The molecule has 0 fully saturated rings. The van der Waals surface area contributed by atoms with Crippen molar-refractivity contribution in [3.8, 4) is 0 Å². The molecule has 1 N–H and O–H groups in total. The van der Waals surface area contributed by atoms with E-state index >= 15 is 0 Å². The Morgan fingerprint density at radius 1 is 1.73 bits per heavy atom. The summed E-state index contributed by atoms with van der Waals surface area (Å²) in [7, 11) is 0.755. The van der Waals surface area contributed by atoms with Crippen LogP contribution in [0.25, 0.3) is 0 Å². The molecule has 0 spiro atoms. The van der Waals surface area contributed by atoms with Gasteiger partial charge in [-0.2, -0.15) is 0 Å². The molecule has 0 radical (unpaired) electrons. The molecular formula is C5H10N2O3P+. The van der Waals surface area contributed by atoms with E-state index in [-0.39, 0.29) is 0 Å². The predicted molar refractivity (Wildman–Crippen MR) is 40.0 cm³/mol. The Balaban J connectivity index is 0.000000187. The minimum atomic E-state index is -2.35. The average molecular weight is 177 g/mol. The van der Waals surface area contributed by atoms with Crippen LogP contribution in [-0.4, -0.2) is 21.6 Å². The fourth-order valence-corrected chi connectivity index (χ4v) is 0.326. The number of aryl methyl sites for hydroxylation is 1. The smallest absolute Gasteiger partial charge is 0.341 e. The van der Waals surface area contributed by atoms with E-state index in [4.69, 9.17) is 4.89 Å². The van der Waals surface area contributed by atoms with Gasteiger partial charge in [0.2, 0.25) is 0 Å². The minimum Gasteiger partial charge on any atom is -0.341 e. The van der Waals surface area contributed by atoms with E-state index < -0.39 is 8.25 Å². The molecule has 1 aromatic rings. The number of imidazole rings is 1. The van der Waals surface area contributed by atoms with Gasteiger partial charge < -0.3 is 4.57 Å². The SMILES string of the molecule is CO[P+](=O)O.Cn1ccnc1. The molecule has 0 saturated heterocycles. The average Bonchev–Trinajstić information content (AvgIpc) is 2.41. The highest BCUT2D eigenvalue weighted by atomic mass is 31.1. The Morgan fingerprint density at radius 3 is 2.36 bits per heavy atom. The van der Waals surface area contributed by atoms with Gasteiger partial charge in [-0.1, -0.05) is 0 Å². The lowest BCUT2D eigenvalue weighted by molar-refractivity contribution is 0.343. The van der Waals surface area contributed by atoms with E-state index in [2.05, 4.69) is 9.51 Å². The second kappa shape index (κ2) is 5.97. The maximum Gasteiger partial charge on any atom is 0.694 e. The molecule has 1 aromatic heterocycles. The van der Waals surface area contributed by atoms with Gasteiger partial charge in [-0.25, -0.2) is 4.98 Å². The highest BCUT2D eigenvalue weighted by Gasteiger charge is 2.02. The van der Waals surface area contributed by atoms with Crippen molar-refractivity contribution in [1.82, 2.24) is 9.55 Å². The number of rotatable bonds is 1. The van der Waals surface area contributed by atoms with Gasteiger partial charge in [-0.3, -0.25) is 0 Å². The van der Waals surface area contributed by atoms with Crippen LogP contribution in [0.2, 0.25) is 0 Å². The molecule has 6 heteroatoms. The third-order valence-corrected chi connectivity index (χ3v) is 1.11. The summed E-state index contributed by atoms with van der Waals surface area (Å²) in [6, 6.07) is 0. The Hall–Kier alpha value is -0.770. The molecule has 0 bridgehead atoms. The highest BCUT2D eigenvalue weighted by Crippen LogP contribution is 2.09. The van der Waals surface area contributed by atoms with Gasteiger partial charge in [0.05, 0.1) is 13.4 Å². The molecule has 1 rings (SSSR count). The minimum absolute atomic E-state index is 1.17. The summed E-state index contributed by atoms with van der Waals surface area (Å²) in [5, 5.41) is 0. The van der Waals surface area contributed by atoms with Crippen molar-refractivity contribution in [2.75, 3.05) is 7.11 Å². The third kappa shape index (κ3) is 7.12. The van der Waals surface area contributed by atoms with E-state index in [1.54, 1.807) is 12.5 Å². The summed E-state index contributed by atoms with van der Waals surface area (Å²) in [6.07, 6.45) is 5.39. The quantitative estimate of drug-likeness (QED) is 0.641. The molecule has 5 nitrogen and oxygen atoms in total. The lowest BCUT2D eigenvalue weighted by Gasteiger charge is -1.76. The van der Waals surface area contributed by atoms with Crippen LogP contribution < -0.4 is 0 Å². The van der Waals surface area contributed by atoms with Crippen LogP contribution in [0, 0.1) is 0 Å². The zero-order valence-electron chi connectivity index (χ0n) is 6.34. The van der Waals surface area contributed by atoms with E-state index in [0.29, 0.717) is 0 Å². The van der Waals surface area contributed by atoms with Crippen LogP contribution in [0.1, 0.15) is 0 Å². The van der Waals surface area contributed by atoms with Gasteiger partial charge in [0.25, 0.3) is 0 Å². The maximum absolute atomic E-state index is 9.29. The molecule has 0 aliphatic rings. The van der Waals surface area contributed by atoms with E-state index in [9.17, 15) is 4.57 Å². The normalized spacial score (nSPS) is 9.91. The molecule has 0 saturated carbocycles. The lowest BCUT2D eigenvalue weighted by atomic mass is 10.9. The van der Waals surface area contributed by atoms with Gasteiger partial charge >= 0.3 is 8.25 Å². The van der Waals surface area contributed by atoms with E-state index in [0.717, 1.165) is 0 Å². The molecule has 62 valence electrons. The van der Waals surface area contributed by atoms with Crippen LogP contribution in [0.3, 0.4) is 0 Å². The van der Waals surface area contributed by atoms with Gasteiger partial charge in [0, 0.05) is 24.0 Å². The molecule has 0 aromatic carbocycles. The number of hydrogen-bond donors (Lipinski definition) is 1. The molecular weight excluding hydrogens is 167 g/mol. The number of nitrogens with zero attached hydrogens (tertiary/aromatic N) is 2. The van der Waals surface area contributed by atoms with Crippen LogP contribution in [0.5, 0.6) is 0 Å². The first-order valence-corrected chi connectivity index (χ1v) is 3.92. The Labute approximate surface area is 65.6 Å². The van der Waals surface area contributed by atoms with E-state index in [1.165, 1.54) is 7.11 Å². The molecule has 1 atom stereocenters. The largest absolute Gasteiger partial charge is 0.694 e. The van der Waals surface area contributed by atoms with Crippen molar-refractivity contribution >= 4 is 8.25 Å². The summed E-state index contributed by atoms with van der Waals surface area (Å²) in [4.78, 5) is 11.4. The first-order chi connectivity index (χ1) is 5.16. The zero-order valence-corrected chi connectivity index (χ0v) is 7.23. The van der Waals surface area contributed by atoms with Crippen LogP contribution in [0.4, 0.5) is 0 Å².